The third kappa shape index (κ3) is 4.33. The quantitative estimate of drug-likeness (QED) is 0.752. The SMILES string of the molecule is CNC(=O)c1csc(NC(=O)c2ccc(S(=O)(=O)N3CCOCC3)cc2)n1. The Bertz CT molecular complexity index is 934. The highest BCUT2D eigenvalue weighted by molar-refractivity contribution is 7.89. The summed E-state index contributed by atoms with van der Waals surface area (Å²) in [6.07, 6.45) is 0. The van der Waals surface area contributed by atoms with Gasteiger partial charge in [-0.25, -0.2) is 13.4 Å². The van der Waals surface area contributed by atoms with Crippen molar-refractivity contribution < 1.29 is 22.7 Å². The van der Waals surface area contributed by atoms with Crippen molar-refractivity contribution in [1.29, 1.82) is 0 Å². The molecule has 0 radical (unpaired) electrons. The standard InChI is InChI=1S/C16H18N4O5S2/c1-17-15(22)13-10-26-16(18-13)19-14(21)11-2-4-12(5-3-11)27(23,24)20-6-8-25-9-7-20/h2-5,10H,6-9H2,1H3,(H,17,22)(H,18,19,21). The van der Waals surface area contributed by atoms with E-state index in [1.807, 2.05) is 0 Å². The molecule has 9 nitrogen and oxygen atoms in total. The van der Waals surface area contributed by atoms with Crippen molar-refractivity contribution in [2.24, 2.45) is 0 Å². The molecule has 1 aromatic carbocycles. The van der Waals surface area contributed by atoms with Crippen molar-refractivity contribution in [3.63, 3.8) is 0 Å². The first-order valence-corrected chi connectivity index (χ1v) is 10.4. The molecule has 11 heteroatoms. The van der Waals surface area contributed by atoms with Gasteiger partial charge in [-0.1, -0.05) is 0 Å². The second-order valence-electron chi connectivity index (χ2n) is 5.61. The number of carbonyl (C=O) groups excluding carboxylic acids is 2. The number of carbonyl (C=O) groups is 2. The lowest BCUT2D eigenvalue weighted by Crippen LogP contribution is -2.40. The van der Waals surface area contributed by atoms with E-state index in [4.69, 9.17) is 4.74 Å². The van der Waals surface area contributed by atoms with Crippen molar-refractivity contribution in [3.8, 4) is 0 Å². The number of morpholine rings is 1. The molecular formula is C16H18N4O5S2. The predicted octanol–water partition coefficient (Wildman–Crippen LogP) is 0.776. The lowest BCUT2D eigenvalue weighted by atomic mass is 10.2. The van der Waals surface area contributed by atoms with Crippen molar-refractivity contribution in [2.75, 3.05) is 38.7 Å². The fraction of sp³-hybridized carbons (Fsp3) is 0.312. The number of sulfonamides is 1. The maximum absolute atomic E-state index is 12.6. The maximum atomic E-state index is 12.6. The molecule has 144 valence electrons. The highest BCUT2D eigenvalue weighted by Crippen LogP contribution is 2.19. The monoisotopic (exact) mass is 410 g/mol. The number of aromatic nitrogens is 1. The molecule has 0 saturated carbocycles. The summed E-state index contributed by atoms with van der Waals surface area (Å²) in [5.74, 6) is -0.785. The number of amides is 2. The number of ether oxygens (including phenoxy) is 1. The zero-order valence-electron chi connectivity index (χ0n) is 14.5. The van der Waals surface area contributed by atoms with Gasteiger partial charge in [-0.05, 0) is 24.3 Å². The number of rotatable bonds is 5. The number of benzene rings is 1. The van der Waals surface area contributed by atoms with Crippen LogP contribution in [0.15, 0.2) is 34.5 Å². The van der Waals surface area contributed by atoms with Gasteiger partial charge in [-0.2, -0.15) is 4.31 Å². The van der Waals surface area contributed by atoms with Crippen LogP contribution in [0.5, 0.6) is 0 Å². The van der Waals surface area contributed by atoms with Crippen LogP contribution in [0.3, 0.4) is 0 Å². The number of nitrogens with one attached hydrogen (secondary N) is 2. The van der Waals surface area contributed by atoms with Gasteiger partial charge >= 0.3 is 0 Å². The Labute approximate surface area is 160 Å². The number of hydrogen-bond acceptors (Lipinski definition) is 7. The minimum absolute atomic E-state index is 0.122. The van der Waals surface area contributed by atoms with E-state index in [-0.39, 0.29) is 27.2 Å². The topological polar surface area (TPSA) is 118 Å². The van der Waals surface area contributed by atoms with Crippen LogP contribution >= 0.6 is 11.3 Å². The van der Waals surface area contributed by atoms with Gasteiger partial charge < -0.3 is 10.1 Å². The predicted molar refractivity (Wildman–Crippen MR) is 99.5 cm³/mol. The highest BCUT2D eigenvalue weighted by Gasteiger charge is 2.26. The molecule has 0 aliphatic carbocycles. The zero-order valence-corrected chi connectivity index (χ0v) is 16.1. The Morgan fingerprint density at radius 3 is 2.44 bits per heavy atom. The molecule has 3 rings (SSSR count). The van der Waals surface area contributed by atoms with Crippen LogP contribution in [0.1, 0.15) is 20.8 Å². The molecule has 1 aromatic heterocycles. The molecule has 1 aliphatic rings. The molecular weight excluding hydrogens is 392 g/mol. The van der Waals surface area contributed by atoms with Gasteiger partial charge in [0.2, 0.25) is 10.0 Å². The molecule has 2 heterocycles. The summed E-state index contributed by atoms with van der Waals surface area (Å²) < 4.78 is 31.7. The summed E-state index contributed by atoms with van der Waals surface area (Å²) in [6, 6.07) is 5.68. The number of anilines is 1. The Kier molecular flexibility index (Phi) is 5.85. The van der Waals surface area contributed by atoms with Gasteiger partial charge in [0.1, 0.15) is 5.69 Å². The van der Waals surface area contributed by atoms with Crippen molar-refractivity contribution in [3.05, 3.63) is 40.9 Å². The van der Waals surface area contributed by atoms with E-state index in [9.17, 15) is 18.0 Å². The fourth-order valence-corrected chi connectivity index (χ4v) is 4.54. The first-order chi connectivity index (χ1) is 12.9. The van der Waals surface area contributed by atoms with Gasteiger partial charge in [0, 0.05) is 31.1 Å². The van der Waals surface area contributed by atoms with Crippen LogP contribution < -0.4 is 10.6 Å². The summed E-state index contributed by atoms with van der Waals surface area (Å²) in [4.78, 5) is 27.9. The molecule has 0 spiro atoms. The molecule has 2 N–H and O–H groups in total. The molecule has 2 amide bonds. The van der Waals surface area contributed by atoms with Crippen LogP contribution in [-0.2, 0) is 14.8 Å². The molecule has 0 atom stereocenters. The number of nitrogens with zero attached hydrogens (tertiary/aromatic N) is 2. The van der Waals surface area contributed by atoms with Crippen LogP contribution in [0, 0.1) is 0 Å². The van der Waals surface area contributed by atoms with E-state index in [0.29, 0.717) is 26.3 Å². The minimum atomic E-state index is -3.61. The van der Waals surface area contributed by atoms with Gasteiger partial charge in [-0.3, -0.25) is 14.9 Å². The Morgan fingerprint density at radius 2 is 1.81 bits per heavy atom. The molecule has 1 fully saturated rings. The lowest BCUT2D eigenvalue weighted by Gasteiger charge is -2.26. The normalized spacial score (nSPS) is 15.3. The van der Waals surface area contributed by atoms with E-state index < -0.39 is 15.9 Å². The zero-order chi connectivity index (χ0) is 19.4. The summed E-state index contributed by atoms with van der Waals surface area (Å²) >= 11 is 1.12. The second kappa shape index (κ2) is 8.13. The number of hydrogen-bond donors (Lipinski definition) is 2. The molecule has 2 aromatic rings. The average molecular weight is 410 g/mol. The first-order valence-electron chi connectivity index (χ1n) is 8.09. The van der Waals surface area contributed by atoms with Crippen LogP contribution in [0.25, 0.3) is 0 Å². The molecule has 1 saturated heterocycles. The smallest absolute Gasteiger partial charge is 0.270 e. The summed E-state index contributed by atoms with van der Waals surface area (Å²) in [7, 11) is -2.11. The van der Waals surface area contributed by atoms with Crippen molar-refractivity contribution in [2.45, 2.75) is 4.90 Å². The van der Waals surface area contributed by atoms with E-state index in [1.54, 1.807) is 0 Å². The van der Waals surface area contributed by atoms with E-state index in [1.165, 1.54) is 41.0 Å². The summed E-state index contributed by atoms with van der Waals surface area (Å²) in [6.45, 7) is 1.35. The molecule has 27 heavy (non-hydrogen) atoms. The first kappa shape index (κ1) is 19.4. The minimum Gasteiger partial charge on any atom is -0.379 e. The van der Waals surface area contributed by atoms with Gasteiger partial charge in [0.25, 0.3) is 11.8 Å². The summed E-state index contributed by atoms with van der Waals surface area (Å²) in [5, 5.41) is 6.86. The van der Waals surface area contributed by atoms with Crippen LogP contribution in [-0.4, -0.2) is 62.9 Å². The van der Waals surface area contributed by atoms with Crippen LogP contribution in [0.2, 0.25) is 0 Å². The van der Waals surface area contributed by atoms with Gasteiger partial charge in [-0.15, -0.1) is 11.3 Å². The molecule has 0 unspecified atom stereocenters. The van der Waals surface area contributed by atoms with Crippen molar-refractivity contribution in [1.82, 2.24) is 14.6 Å². The average Bonchev–Trinajstić information content (AvgIpc) is 3.16. The van der Waals surface area contributed by atoms with E-state index in [0.717, 1.165) is 11.3 Å². The second-order valence-corrected chi connectivity index (χ2v) is 8.41. The highest BCUT2D eigenvalue weighted by atomic mass is 32.2. The van der Waals surface area contributed by atoms with E-state index in [2.05, 4.69) is 15.6 Å². The van der Waals surface area contributed by atoms with Crippen LogP contribution in [0.4, 0.5) is 5.13 Å². The third-order valence-corrected chi connectivity index (χ3v) is 6.58. The van der Waals surface area contributed by atoms with Gasteiger partial charge in [0.05, 0.1) is 18.1 Å². The van der Waals surface area contributed by atoms with Gasteiger partial charge in [0.15, 0.2) is 5.13 Å². The Hall–Kier alpha value is -2.34. The van der Waals surface area contributed by atoms with E-state index >= 15 is 0 Å². The summed E-state index contributed by atoms with van der Waals surface area (Å²) in [5.41, 5.74) is 0.498. The fourth-order valence-electron chi connectivity index (χ4n) is 2.45. The largest absolute Gasteiger partial charge is 0.379 e. The Morgan fingerprint density at radius 1 is 1.15 bits per heavy atom. The third-order valence-electron chi connectivity index (χ3n) is 3.91. The Balaban J connectivity index is 1.70. The molecule has 0 bridgehead atoms. The number of thiazole rings is 1. The maximum Gasteiger partial charge on any atom is 0.270 e. The molecule has 1 aliphatic heterocycles. The lowest BCUT2D eigenvalue weighted by molar-refractivity contribution is 0.0730. The van der Waals surface area contributed by atoms with Crippen molar-refractivity contribution >= 4 is 38.3 Å².